The second-order valence-electron chi connectivity index (χ2n) is 2.21. The molecule has 1 nitrogen and oxygen atoms in total. The SMILES string of the molecule is C=C(c1ccncc1)C(F)(F)F. The Labute approximate surface area is 67.6 Å². The van der Waals surface area contributed by atoms with Crippen LogP contribution >= 0.6 is 0 Å². The van der Waals surface area contributed by atoms with E-state index in [4.69, 9.17) is 0 Å². The number of pyridine rings is 1. The van der Waals surface area contributed by atoms with Crippen molar-refractivity contribution in [2.24, 2.45) is 0 Å². The minimum absolute atomic E-state index is 0.0532. The zero-order valence-electron chi connectivity index (χ0n) is 6.10. The van der Waals surface area contributed by atoms with Gasteiger partial charge in [-0.05, 0) is 17.7 Å². The lowest BCUT2D eigenvalue weighted by atomic mass is 10.1. The molecular formula is C8H6F3N. The lowest BCUT2D eigenvalue weighted by Crippen LogP contribution is -2.09. The zero-order valence-corrected chi connectivity index (χ0v) is 6.10. The molecule has 4 heteroatoms. The second-order valence-corrected chi connectivity index (χ2v) is 2.21. The molecule has 1 aromatic heterocycles. The van der Waals surface area contributed by atoms with Gasteiger partial charge in [-0.3, -0.25) is 4.98 Å². The Balaban J connectivity index is 2.94. The summed E-state index contributed by atoms with van der Waals surface area (Å²) in [6.45, 7) is 2.94. The molecule has 0 radical (unpaired) electrons. The van der Waals surface area contributed by atoms with Crippen molar-refractivity contribution < 1.29 is 13.2 Å². The van der Waals surface area contributed by atoms with Crippen molar-refractivity contribution >= 4 is 5.57 Å². The molecule has 0 N–H and O–H groups in total. The van der Waals surface area contributed by atoms with Gasteiger partial charge < -0.3 is 0 Å². The predicted molar refractivity (Wildman–Crippen MR) is 39.3 cm³/mol. The molecule has 0 fully saturated rings. The van der Waals surface area contributed by atoms with Crippen LogP contribution in [0.5, 0.6) is 0 Å². The van der Waals surface area contributed by atoms with E-state index in [0.717, 1.165) is 0 Å². The summed E-state index contributed by atoms with van der Waals surface area (Å²) in [5, 5.41) is 0. The second kappa shape index (κ2) is 2.97. The summed E-state index contributed by atoms with van der Waals surface area (Å²) in [6.07, 6.45) is -1.76. The van der Waals surface area contributed by atoms with E-state index in [1.807, 2.05) is 0 Å². The van der Waals surface area contributed by atoms with Crippen molar-refractivity contribution in [3.05, 3.63) is 36.7 Å². The molecule has 1 rings (SSSR count). The monoisotopic (exact) mass is 173 g/mol. The summed E-state index contributed by atoms with van der Waals surface area (Å²) in [5.41, 5.74) is -0.789. The van der Waals surface area contributed by atoms with Crippen LogP contribution in [0, 0.1) is 0 Å². The lowest BCUT2D eigenvalue weighted by Gasteiger charge is -2.08. The fourth-order valence-electron chi connectivity index (χ4n) is 0.717. The van der Waals surface area contributed by atoms with E-state index in [2.05, 4.69) is 11.6 Å². The van der Waals surface area contributed by atoms with Gasteiger partial charge in [-0.1, -0.05) is 6.58 Å². The first kappa shape index (κ1) is 8.77. The van der Waals surface area contributed by atoms with Crippen LogP contribution in [0.1, 0.15) is 5.56 Å². The van der Waals surface area contributed by atoms with Gasteiger partial charge >= 0.3 is 6.18 Å². The molecule has 0 unspecified atom stereocenters. The highest BCUT2D eigenvalue weighted by Crippen LogP contribution is 2.31. The number of nitrogens with zero attached hydrogens (tertiary/aromatic N) is 1. The topological polar surface area (TPSA) is 12.9 Å². The van der Waals surface area contributed by atoms with Crippen molar-refractivity contribution in [3.8, 4) is 0 Å². The zero-order chi connectivity index (χ0) is 9.19. The van der Waals surface area contributed by atoms with Gasteiger partial charge in [-0.25, -0.2) is 0 Å². The van der Waals surface area contributed by atoms with E-state index < -0.39 is 11.7 Å². The van der Waals surface area contributed by atoms with Gasteiger partial charge in [0.25, 0.3) is 0 Å². The highest BCUT2D eigenvalue weighted by molar-refractivity contribution is 5.66. The number of hydrogen-bond donors (Lipinski definition) is 0. The Bertz CT molecular complexity index is 276. The molecule has 0 saturated carbocycles. The minimum Gasteiger partial charge on any atom is -0.265 e. The lowest BCUT2D eigenvalue weighted by molar-refractivity contribution is -0.0686. The fourth-order valence-corrected chi connectivity index (χ4v) is 0.717. The van der Waals surface area contributed by atoms with Crippen molar-refractivity contribution in [2.75, 3.05) is 0 Å². The molecule has 12 heavy (non-hydrogen) atoms. The molecule has 1 aromatic rings. The maximum Gasteiger partial charge on any atom is 0.416 e. The largest absolute Gasteiger partial charge is 0.416 e. The summed E-state index contributed by atoms with van der Waals surface area (Å²) in [7, 11) is 0. The molecule has 64 valence electrons. The highest BCUT2D eigenvalue weighted by atomic mass is 19.4. The number of rotatable bonds is 1. The van der Waals surface area contributed by atoms with Crippen molar-refractivity contribution in [2.45, 2.75) is 6.18 Å². The number of allylic oxidation sites excluding steroid dienone is 1. The number of aromatic nitrogens is 1. The molecule has 0 bridgehead atoms. The maximum absolute atomic E-state index is 12.0. The molecule has 0 aliphatic heterocycles. The van der Waals surface area contributed by atoms with Crippen LogP contribution in [-0.4, -0.2) is 11.2 Å². The van der Waals surface area contributed by atoms with Crippen LogP contribution in [0.4, 0.5) is 13.2 Å². The van der Waals surface area contributed by atoms with Gasteiger partial charge in [0.05, 0.1) is 5.57 Å². The van der Waals surface area contributed by atoms with E-state index in [0.29, 0.717) is 0 Å². The van der Waals surface area contributed by atoms with Crippen molar-refractivity contribution in [3.63, 3.8) is 0 Å². The van der Waals surface area contributed by atoms with E-state index in [1.165, 1.54) is 24.5 Å². The van der Waals surface area contributed by atoms with Crippen molar-refractivity contribution in [1.29, 1.82) is 0 Å². The number of halogens is 3. The molecule has 0 spiro atoms. The molecule has 0 saturated heterocycles. The fraction of sp³-hybridized carbons (Fsp3) is 0.125. The first-order valence-corrected chi connectivity index (χ1v) is 3.18. The van der Waals surface area contributed by atoms with Crippen LogP contribution < -0.4 is 0 Å². The molecule has 0 aliphatic carbocycles. The summed E-state index contributed by atoms with van der Waals surface area (Å²) in [4.78, 5) is 3.60. The van der Waals surface area contributed by atoms with E-state index in [1.54, 1.807) is 0 Å². The Morgan fingerprint density at radius 2 is 1.75 bits per heavy atom. The summed E-state index contributed by atoms with van der Waals surface area (Å²) in [5.74, 6) is 0. The van der Waals surface area contributed by atoms with E-state index >= 15 is 0 Å². The van der Waals surface area contributed by atoms with Gasteiger partial charge in [-0.15, -0.1) is 0 Å². The Kier molecular flexibility index (Phi) is 2.17. The van der Waals surface area contributed by atoms with Crippen LogP contribution in [0.25, 0.3) is 5.57 Å². The third-order valence-electron chi connectivity index (χ3n) is 1.37. The van der Waals surface area contributed by atoms with E-state index in [-0.39, 0.29) is 5.56 Å². The summed E-state index contributed by atoms with van der Waals surface area (Å²) in [6, 6.07) is 2.55. The Hall–Kier alpha value is -1.32. The van der Waals surface area contributed by atoms with Crippen molar-refractivity contribution in [1.82, 2.24) is 4.98 Å². The highest BCUT2D eigenvalue weighted by Gasteiger charge is 2.32. The standard InChI is InChI=1S/C8H6F3N/c1-6(8(9,10)11)7-2-4-12-5-3-7/h2-5H,1H2. The molecule has 0 aliphatic rings. The molecule has 0 atom stereocenters. The maximum atomic E-state index is 12.0. The van der Waals surface area contributed by atoms with Gasteiger partial charge in [0, 0.05) is 12.4 Å². The Morgan fingerprint density at radius 3 is 2.17 bits per heavy atom. The van der Waals surface area contributed by atoms with E-state index in [9.17, 15) is 13.2 Å². The average molecular weight is 173 g/mol. The molecule has 0 amide bonds. The first-order chi connectivity index (χ1) is 5.52. The first-order valence-electron chi connectivity index (χ1n) is 3.18. The van der Waals surface area contributed by atoms with Crippen LogP contribution in [0.15, 0.2) is 31.1 Å². The van der Waals surface area contributed by atoms with Crippen LogP contribution in [0.3, 0.4) is 0 Å². The summed E-state index contributed by atoms with van der Waals surface area (Å²) < 4.78 is 36.0. The normalized spacial score (nSPS) is 11.2. The number of hydrogen-bond acceptors (Lipinski definition) is 1. The third kappa shape index (κ3) is 1.84. The molecule has 1 heterocycles. The van der Waals surface area contributed by atoms with Gasteiger partial charge in [0.15, 0.2) is 0 Å². The predicted octanol–water partition coefficient (Wildman–Crippen LogP) is 2.66. The van der Waals surface area contributed by atoms with Gasteiger partial charge in [0.1, 0.15) is 0 Å². The van der Waals surface area contributed by atoms with Crippen LogP contribution in [0.2, 0.25) is 0 Å². The smallest absolute Gasteiger partial charge is 0.265 e. The van der Waals surface area contributed by atoms with Gasteiger partial charge in [0.2, 0.25) is 0 Å². The van der Waals surface area contributed by atoms with Crippen LogP contribution in [-0.2, 0) is 0 Å². The molecular weight excluding hydrogens is 167 g/mol. The third-order valence-corrected chi connectivity index (χ3v) is 1.37. The molecule has 0 aromatic carbocycles. The quantitative estimate of drug-likeness (QED) is 0.636. The van der Waals surface area contributed by atoms with Gasteiger partial charge in [-0.2, -0.15) is 13.2 Å². The Morgan fingerprint density at radius 1 is 1.25 bits per heavy atom. The minimum atomic E-state index is -4.36. The summed E-state index contributed by atoms with van der Waals surface area (Å²) >= 11 is 0. The number of alkyl halides is 3. The average Bonchev–Trinajstić information content (AvgIpc) is 2.03.